The molecule has 0 fully saturated rings. The number of pyridine rings is 2. The van der Waals surface area contributed by atoms with Crippen molar-refractivity contribution in [3.05, 3.63) is 193 Å². The third-order valence-corrected chi connectivity index (χ3v) is 8.42. The van der Waals surface area contributed by atoms with Crippen molar-refractivity contribution in [3.8, 4) is 33.8 Å². The molecule has 0 saturated heterocycles. The van der Waals surface area contributed by atoms with Gasteiger partial charge >= 0.3 is 0 Å². The number of rotatable bonds is 7. The predicted molar refractivity (Wildman–Crippen MR) is 180 cm³/mol. The highest BCUT2D eigenvalue weighted by molar-refractivity contribution is 5.81. The van der Waals surface area contributed by atoms with Crippen LogP contribution >= 0.6 is 0 Å². The van der Waals surface area contributed by atoms with Crippen LogP contribution in [0.2, 0.25) is 0 Å². The third-order valence-electron chi connectivity index (χ3n) is 8.42. The summed E-state index contributed by atoms with van der Waals surface area (Å²) >= 11 is 0. The van der Waals surface area contributed by atoms with Crippen molar-refractivity contribution in [1.82, 2.24) is 24.1 Å². The molecule has 0 spiro atoms. The molecule has 4 heterocycles. The van der Waals surface area contributed by atoms with E-state index in [-0.39, 0.29) is 0 Å². The van der Waals surface area contributed by atoms with E-state index in [9.17, 15) is 0 Å². The van der Waals surface area contributed by atoms with E-state index in [1.54, 1.807) is 0 Å². The van der Waals surface area contributed by atoms with Gasteiger partial charge in [0.05, 0.1) is 17.6 Å². The topological polar surface area (TPSA) is 48.0 Å². The van der Waals surface area contributed by atoms with Gasteiger partial charge < -0.3 is 0 Å². The molecule has 0 atom stereocenters. The fourth-order valence-electron chi connectivity index (χ4n) is 6.34. The molecule has 214 valence electrons. The van der Waals surface area contributed by atoms with E-state index in [1.165, 1.54) is 0 Å². The number of aromatic nitrogens is 5. The van der Waals surface area contributed by atoms with E-state index >= 15 is 0 Å². The van der Waals surface area contributed by atoms with Crippen LogP contribution in [-0.4, -0.2) is 24.1 Å². The summed E-state index contributed by atoms with van der Waals surface area (Å²) in [4.78, 5) is 9.27. The molecule has 0 aliphatic rings. The average molecular weight is 580 g/mol. The Labute approximate surface area is 261 Å². The van der Waals surface area contributed by atoms with Crippen molar-refractivity contribution >= 4 is 5.65 Å². The molecule has 8 aromatic rings. The van der Waals surface area contributed by atoms with Gasteiger partial charge in [-0.05, 0) is 41.0 Å². The summed E-state index contributed by atoms with van der Waals surface area (Å²) in [6.07, 6.45) is 8.05. The lowest BCUT2D eigenvalue weighted by Crippen LogP contribution is -2.38. The van der Waals surface area contributed by atoms with E-state index in [1.807, 2.05) is 36.7 Å². The van der Waals surface area contributed by atoms with Crippen molar-refractivity contribution in [3.63, 3.8) is 0 Å². The molecule has 0 aliphatic carbocycles. The molecule has 4 aromatic carbocycles. The largest absolute Gasteiger partial charge is 0.298 e. The maximum absolute atomic E-state index is 5.49. The smallest absolute Gasteiger partial charge is 0.138 e. The maximum atomic E-state index is 5.49. The Morgan fingerprint density at radius 3 is 1.64 bits per heavy atom. The Morgan fingerprint density at radius 2 is 1.07 bits per heavy atom. The molecule has 45 heavy (non-hydrogen) atoms. The molecule has 0 amide bonds. The first kappa shape index (κ1) is 26.5. The lowest BCUT2D eigenvalue weighted by Gasteiger charge is -2.36. The molecule has 0 N–H and O–H groups in total. The number of hydrogen-bond donors (Lipinski definition) is 0. The Bertz CT molecular complexity index is 2090. The summed E-state index contributed by atoms with van der Waals surface area (Å²) in [7, 11) is 0. The minimum atomic E-state index is -0.732. The molecule has 0 radical (unpaired) electrons. The van der Waals surface area contributed by atoms with Crippen molar-refractivity contribution < 1.29 is 0 Å². The normalized spacial score (nSPS) is 11.6. The molecule has 0 aliphatic heterocycles. The van der Waals surface area contributed by atoms with E-state index in [0.29, 0.717) is 0 Å². The summed E-state index contributed by atoms with van der Waals surface area (Å²) < 4.78 is 4.27. The highest BCUT2D eigenvalue weighted by atomic mass is 15.3. The first-order valence-corrected chi connectivity index (χ1v) is 15.0. The van der Waals surface area contributed by atoms with Gasteiger partial charge in [0.25, 0.3) is 0 Å². The molecule has 4 aromatic heterocycles. The van der Waals surface area contributed by atoms with Crippen LogP contribution in [0.5, 0.6) is 0 Å². The van der Waals surface area contributed by atoms with Crippen LogP contribution in [0.15, 0.2) is 176 Å². The molecule has 0 bridgehead atoms. The fraction of sp³-hybridized carbons (Fsp3) is 0.0250. The highest BCUT2D eigenvalue weighted by Gasteiger charge is 2.40. The minimum Gasteiger partial charge on any atom is -0.298 e. The number of fused-ring (bicyclic) bond motifs is 1. The van der Waals surface area contributed by atoms with Gasteiger partial charge in [0.15, 0.2) is 0 Å². The van der Waals surface area contributed by atoms with Gasteiger partial charge in [0, 0.05) is 35.3 Å². The van der Waals surface area contributed by atoms with Gasteiger partial charge in [-0.2, -0.15) is 5.10 Å². The van der Waals surface area contributed by atoms with Gasteiger partial charge in [-0.15, -0.1) is 0 Å². The van der Waals surface area contributed by atoms with Crippen molar-refractivity contribution in [2.75, 3.05) is 0 Å². The first-order chi connectivity index (χ1) is 22.3. The van der Waals surface area contributed by atoms with Crippen LogP contribution in [0, 0.1) is 0 Å². The van der Waals surface area contributed by atoms with Crippen molar-refractivity contribution in [2.45, 2.75) is 5.54 Å². The SMILES string of the molecule is c1ccc(-c2nn(C(c3ccccc3)(c3ccccc3)c3ccccc3)cc2-c2ccc3ncc(-c4ccccn4)n3c2)cc1. The Hall–Kier alpha value is -6.07. The van der Waals surface area contributed by atoms with E-state index in [0.717, 1.165) is 56.1 Å². The Kier molecular flexibility index (Phi) is 6.61. The average Bonchev–Trinajstić information content (AvgIpc) is 3.76. The summed E-state index contributed by atoms with van der Waals surface area (Å²) in [5.74, 6) is 0. The predicted octanol–water partition coefficient (Wildman–Crippen LogP) is 8.77. The number of nitrogens with zero attached hydrogens (tertiary/aromatic N) is 5. The maximum Gasteiger partial charge on any atom is 0.138 e. The minimum absolute atomic E-state index is 0.732. The zero-order valence-electron chi connectivity index (χ0n) is 24.5. The molecule has 5 nitrogen and oxygen atoms in total. The van der Waals surface area contributed by atoms with Crippen molar-refractivity contribution in [1.29, 1.82) is 0 Å². The second-order valence-corrected chi connectivity index (χ2v) is 11.0. The summed E-state index contributed by atoms with van der Waals surface area (Å²) in [5.41, 5.74) is 9.32. The van der Waals surface area contributed by atoms with Crippen LogP contribution in [0.1, 0.15) is 16.7 Å². The number of imidazole rings is 1. The molecular weight excluding hydrogens is 550 g/mol. The molecule has 0 unspecified atom stereocenters. The summed E-state index contributed by atoms with van der Waals surface area (Å²) in [6, 6.07) is 52.5. The fourth-order valence-corrected chi connectivity index (χ4v) is 6.34. The number of hydrogen-bond acceptors (Lipinski definition) is 3. The Balaban J connectivity index is 1.43. The van der Waals surface area contributed by atoms with Crippen LogP contribution in [0.4, 0.5) is 0 Å². The highest BCUT2D eigenvalue weighted by Crippen LogP contribution is 2.43. The lowest BCUT2D eigenvalue weighted by molar-refractivity contribution is 0.461. The van der Waals surface area contributed by atoms with Crippen LogP contribution in [0.3, 0.4) is 0 Å². The third kappa shape index (κ3) is 4.53. The van der Waals surface area contributed by atoms with Crippen LogP contribution < -0.4 is 0 Å². The second-order valence-electron chi connectivity index (χ2n) is 11.0. The van der Waals surface area contributed by atoms with Gasteiger partial charge in [0.1, 0.15) is 16.9 Å². The molecule has 5 heteroatoms. The summed E-state index contributed by atoms with van der Waals surface area (Å²) in [6.45, 7) is 0. The monoisotopic (exact) mass is 579 g/mol. The molecule has 8 rings (SSSR count). The van der Waals surface area contributed by atoms with Crippen LogP contribution in [0.25, 0.3) is 39.4 Å². The Morgan fingerprint density at radius 1 is 0.489 bits per heavy atom. The van der Waals surface area contributed by atoms with Gasteiger partial charge in [0.2, 0.25) is 0 Å². The summed E-state index contributed by atoms with van der Waals surface area (Å²) in [5, 5.41) is 5.49. The van der Waals surface area contributed by atoms with Crippen molar-refractivity contribution in [2.24, 2.45) is 0 Å². The lowest BCUT2D eigenvalue weighted by atomic mass is 9.77. The standard InChI is InChI=1S/C40H29N5/c1-5-15-30(16-6-1)39-35(31-24-25-38-42-27-37(44(38)28-31)36-23-13-14-26-41-36)29-45(43-39)40(32-17-7-2-8-18-32,33-19-9-3-10-20-33)34-21-11-4-12-22-34/h1-29H. The first-order valence-electron chi connectivity index (χ1n) is 15.0. The van der Waals surface area contributed by atoms with Crippen LogP contribution in [-0.2, 0) is 5.54 Å². The van der Waals surface area contributed by atoms with E-state index < -0.39 is 5.54 Å². The number of benzene rings is 4. The molecule has 0 saturated carbocycles. The van der Waals surface area contributed by atoms with Gasteiger partial charge in [-0.1, -0.05) is 127 Å². The van der Waals surface area contributed by atoms with Gasteiger partial charge in [-0.3, -0.25) is 14.1 Å². The zero-order chi connectivity index (χ0) is 30.1. The quantitative estimate of drug-likeness (QED) is 0.177. The van der Waals surface area contributed by atoms with E-state index in [4.69, 9.17) is 5.10 Å². The van der Waals surface area contributed by atoms with E-state index in [2.05, 4.69) is 159 Å². The van der Waals surface area contributed by atoms with Gasteiger partial charge in [-0.25, -0.2) is 4.98 Å². The molecular formula is C40H29N5. The second kappa shape index (κ2) is 11.2. The zero-order valence-corrected chi connectivity index (χ0v) is 24.5.